The van der Waals surface area contributed by atoms with Crippen LogP contribution in [0.2, 0.25) is 0 Å². The SMILES string of the molecule is CCCN(CCO)C1CCCCC1CC. The van der Waals surface area contributed by atoms with Crippen molar-refractivity contribution in [1.82, 2.24) is 4.90 Å². The second-order valence-electron chi connectivity index (χ2n) is 4.78. The van der Waals surface area contributed by atoms with E-state index in [9.17, 15) is 0 Å². The van der Waals surface area contributed by atoms with Crippen LogP contribution in [0.15, 0.2) is 0 Å². The van der Waals surface area contributed by atoms with Gasteiger partial charge in [-0.3, -0.25) is 4.90 Å². The molecule has 0 saturated heterocycles. The number of nitrogens with zero attached hydrogens (tertiary/aromatic N) is 1. The van der Waals surface area contributed by atoms with Gasteiger partial charge in [-0.2, -0.15) is 0 Å². The largest absolute Gasteiger partial charge is 0.395 e. The molecule has 2 atom stereocenters. The molecule has 0 aromatic rings. The second kappa shape index (κ2) is 7.24. The quantitative estimate of drug-likeness (QED) is 0.733. The van der Waals surface area contributed by atoms with E-state index in [1.807, 2.05) is 0 Å². The maximum Gasteiger partial charge on any atom is 0.0558 e. The summed E-state index contributed by atoms with van der Waals surface area (Å²) in [6, 6.07) is 0.746. The Balaban J connectivity index is 2.53. The van der Waals surface area contributed by atoms with Crippen LogP contribution in [0.5, 0.6) is 0 Å². The summed E-state index contributed by atoms with van der Waals surface area (Å²) in [7, 11) is 0. The third-order valence-electron chi connectivity index (χ3n) is 3.76. The van der Waals surface area contributed by atoms with Crippen LogP contribution in [0, 0.1) is 5.92 Å². The highest BCUT2D eigenvalue weighted by molar-refractivity contribution is 4.82. The summed E-state index contributed by atoms with van der Waals surface area (Å²) < 4.78 is 0. The molecule has 0 aliphatic heterocycles. The Morgan fingerprint density at radius 2 is 1.87 bits per heavy atom. The summed E-state index contributed by atoms with van der Waals surface area (Å²) in [6.45, 7) is 6.88. The minimum absolute atomic E-state index is 0.312. The fourth-order valence-corrected chi connectivity index (χ4v) is 3.00. The maximum atomic E-state index is 9.11. The average molecular weight is 213 g/mol. The monoisotopic (exact) mass is 213 g/mol. The summed E-state index contributed by atoms with van der Waals surface area (Å²) in [5.74, 6) is 0.872. The van der Waals surface area contributed by atoms with Crippen LogP contribution >= 0.6 is 0 Å². The van der Waals surface area contributed by atoms with Crippen molar-refractivity contribution in [3.8, 4) is 0 Å². The highest BCUT2D eigenvalue weighted by Crippen LogP contribution is 2.30. The second-order valence-corrected chi connectivity index (χ2v) is 4.78. The number of hydrogen-bond donors (Lipinski definition) is 1. The van der Waals surface area contributed by atoms with Crippen LogP contribution in [0.3, 0.4) is 0 Å². The lowest BCUT2D eigenvalue weighted by Crippen LogP contribution is -2.44. The van der Waals surface area contributed by atoms with Crippen LogP contribution in [0.25, 0.3) is 0 Å². The van der Waals surface area contributed by atoms with Crippen LogP contribution in [0.4, 0.5) is 0 Å². The van der Waals surface area contributed by atoms with Gasteiger partial charge in [-0.1, -0.05) is 33.1 Å². The van der Waals surface area contributed by atoms with Gasteiger partial charge in [0.25, 0.3) is 0 Å². The zero-order valence-electron chi connectivity index (χ0n) is 10.4. The normalized spacial score (nSPS) is 27.2. The van der Waals surface area contributed by atoms with Gasteiger partial charge in [0.2, 0.25) is 0 Å². The van der Waals surface area contributed by atoms with E-state index in [1.165, 1.54) is 38.5 Å². The van der Waals surface area contributed by atoms with Gasteiger partial charge in [0, 0.05) is 12.6 Å². The zero-order chi connectivity index (χ0) is 11.1. The Hall–Kier alpha value is -0.0800. The van der Waals surface area contributed by atoms with Gasteiger partial charge in [0.05, 0.1) is 6.61 Å². The first kappa shape index (κ1) is 13.0. The predicted molar refractivity (Wildman–Crippen MR) is 65.0 cm³/mol. The van der Waals surface area contributed by atoms with E-state index in [2.05, 4.69) is 18.7 Å². The van der Waals surface area contributed by atoms with Crippen molar-refractivity contribution < 1.29 is 5.11 Å². The molecule has 15 heavy (non-hydrogen) atoms. The van der Waals surface area contributed by atoms with E-state index in [-0.39, 0.29) is 0 Å². The van der Waals surface area contributed by atoms with Gasteiger partial charge in [0.15, 0.2) is 0 Å². The van der Waals surface area contributed by atoms with Crippen molar-refractivity contribution in [1.29, 1.82) is 0 Å². The Labute approximate surface area is 94.7 Å². The molecule has 1 N–H and O–H groups in total. The molecule has 0 aromatic carbocycles. The van der Waals surface area contributed by atoms with Crippen LogP contribution in [-0.2, 0) is 0 Å². The molecule has 2 unspecified atom stereocenters. The van der Waals surface area contributed by atoms with Crippen molar-refractivity contribution in [2.75, 3.05) is 19.7 Å². The summed E-state index contributed by atoms with van der Waals surface area (Å²) >= 11 is 0. The third-order valence-corrected chi connectivity index (χ3v) is 3.76. The van der Waals surface area contributed by atoms with Crippen molar-refractivity contribution in [3.05, 3.63) is 0 Å². The topological polar surface area (TPSA) is 23.5 Å². The summed E-state index contributed by atoms with van der Waals surface area (Å²) in [6.07, 6.45) is 8.04. The molecule has 1 saturated carbocycles. The number of rotatable bonds is 6. The van der Waals surface area contributed by atoms with Gasteiger partial charge >= 0.3 is 0 Å². The lowest BCUT2D eigenvalue weighted by Gasteiger charge is -2.39. The van der Waals surface area contributed by atoms with Crippen molar-refractivity contribution >= 4 is 0 Å². The first-order chi connectivity index (χ1) is 7.33. The number of aliphatic hydroxyl groups excluding tert-OH is 1. The molecule has 0 radical (unpaired) electrons. The molecule has 1 fully saturated rings. The molecule has 0 heterocycles. The summed E-state index contributed by atoms with van der Waals surface area (Å²) in [5, 5.41) is 9.11. The van der Waals surface area contributed by atoms with E-state index in [1.54, 1.807) is 0 Å². The molecule has 0 amide bonds. The first-order valence-electron chi connectivity index (χ1n) is 6.68. The lowest BCUT2D eigenvalue weighted by atomic mass is 9.82. The Bertz CT molecular complexity index is 155. The highest BCUT2D eigenvalue weighted by atomic mass is 16.3. The summed E-state index contributed by atoms with van der Waals surface area (Å²) in [5.41, 5.74) is 0. The third kappa shape index (κ3) is 3.76. The minimum Gasteiger partial charge on any atom is -0.395 e. The van der Waals surface area contributed by atoms with Gasteiger partial charge in [-0.15, -0.1) is 0 Å². The standard InChI is InChI=1S/C13H27NO/c1-3-9-14(10-11-15)13-8-6-5-7-12(13)4-2/h12-13,15H,3-11H2,1-2H3. The van der Waals surface area contributed by atoms with Crippen LogP contribution in [0.1, 0.15) is 52.4 Å². The highest BCUT2D eigenvalue weighted by Gasteiger charge is 2.27. The van der Waals surface area contributed by atoms with Crippen LogP contribution < -0.4 is 0 Å². The number of hydrogen-bond acceptors (Lipinski definition) is 2. The van der Waals surface area contributed by atoms with Gasteiger partial charge < -0.3 is 5.11 Å². The van der Waals surface area contributed by atoms with E-state index < -0.39 is 0 Å². The Morgan fingerprint density at radius 3 is 2.47 bits per heavy atom. The molecule has 90 valence electrons. The van der Waals surface area contributed by atoms with Crippen molar-refractivity contribution in [2.45, 2.75) is 58.4 Å². The van der Waals surface area contributed by atoms with E-state index in [0.29, 0.717) is 6.61 Å². The van der Waals surface area contributed by atoms with Gasteiger partial charge in [-0.05, 0) is 31.7 Å². The molecule has 1 rings (SSSR count). The maximum absolute atomic E-state index is 9.11. The molecule has 1 aliphatic carbocycles. The van der Waals surface area contributed by atoms with Crippen molar-refractivity contribution in [2.24, 2.45) is 5.92 Å². The molecule has 0 bridgehead atoms. The molecular formula is C13H27NO. The molecule has 0 aromatic heterocycles. The average Bonchev–Trinajstić information content (AvgIpc) is 2.29. The van der Waals surface area contributed by atoms with E-state index >= 15 is 0 Å². The molecule has 1 aliphatic rings. The molecule has 2 nitrogen and oxygen atoms in total. The minimum atomic E-state index is 0.312. The number of aliphatic hydroxyl groups is 1. The fourth-order valence-electron chi connectivity index (χ4n) is 3.00. The van der Waals surface area contributed by atoms with Gasteiger partial charge in [-0.25, -0.2) is 0 Å². The Morgan fingerprint density at radius 1 is 1.13 bits per heavy atom. The molecule has 2 heteroatoms. The smallest absolute Gasteiger partial charge is 0.0558 e. The van der Waals surface area contributed by atoms with Gasteiger partial charge in [0.1, 0.15) is 0 Å². The van der Waals surface area contributed by atoms with Crippen LogP contribution in [-0.4, -0.2) is 35.7 Å². The fraction of sp³-hybridized carbons (Fsp3) is 1.00. The van der Waals surface area contributed by atoms with Crippen molar-refractivity contribution in [3.63, 3.8) is 0 Å². The first-order valence-corrected chi connectivity index (χ1v) is 6.68. The summed E-state index contributed by atoms with van der Waals surface area (Å²) in [4.78, 5) is 2.52. The molecule has 0 spiro atoms. The predicted octanol–water partition coefficient (Wildman–Crippen LogP) is 2.66. The van der Waals surface area contributed by atoms with E-state index in [4.69, 9.17) is 5.11 Å². The zero-order valence-corrected chi connectivity index (χ0v) is 10.4. The van der Waals surface area contributed by atoms with E-state index in [0.717, 1.165) is 25.0 Å². The molecular weight excluding hydrogens is 186 g/mol. The lowest BCUT2D eigenvalue weighted by molar-refractivity contribution is 0.0817. The Kier molecular flexibility index (Phi) is 6.26.